The van der Waals surface area contributed by atoms with Crippen molar-refractivity contribution < 1.29 is 4.79 Å². The van der Waals surface area contributed by atoms with E-state index >= 15 is 0 Å². The number of hydrogen-bond donors (Lipinski definition) is 1. The standard InChI is InChI=1S/C16H13BrN4O/c1-21-10-14(13-4-2-3-9-18-13)19-16(21)20-15(22)11-5-7-12(17)8-6-11/h2-10H,1H3,(H,19,20,22). The molecule has 0 aliphatic rings. The number of nitrogens with one attached hydrogen (secondary N) is 1. The first-order valence-electron chi connectivity index (χ1n) is 6.65. The molecule has 0 bridgehead atoms. The zero-order valence-corrected chi connectivity index (χ0v) is 13.4. The Kier molecular flexibility index (Phi) is 4.02. The molecule has 22 heavy (non-hydrogen) atoms. The molecular weight excluding hydrogens is 344 g/mol. The molecule has 3 rings (SSSR count). The van der Waals surface area contributed by atoms with Crippen LogP contribution >= 0.6 is 15.9 Å². The molecule has 1 aromatic carbocycles. The number of pyridine rings is 1. The third kappa shape index (κ3) is 3.07. The van der Waals surface area contributed by atoms with Gasteiger partial charge in [0.25, 0.3) is 5.91 Å². The second-order valence-electron chi connectivity index (χ2n) is 4.74. The largest absolute Gasteiger partial charge is 0.320 e. The lowest BCUT2D eigenvalue weighted by Gasteiger charge is -2.04. The summed E-state index contributed by atoms with van der Waals surface area (Å²) in [5.41, 5.74) is 2.06. The van der Waals surface area contributed by atoms with Gasteiger partial charge in [-0.15, -0.1) is 0 Å². The summed E-state index contributed by atoms with van der Waals surface area (Å²) >= 11 is 3.35. The SMILES string of the molecule is Cn1cc(-c2ccccn2)nc1NC(=O)c1ccc(Br)cc1. The van der Waals surface area contributed by atoms with Crippen LogP contribution in [0, 0.1) is 0 Å². The second-order valence-corrected chi connectivity index (χ2v) is 5.65. The fraction of sp³-hybridized carbons (Fsp3) is 0.0625. The van der Waals surface area contributed by atoms with E-state index in [9.17, 15) is 4.79 Å². The average Bonchev–Trinajstić information content (AvgIpc) is 2.90. The minimum atomic E-state index is -0.200. The van der Waals surface area contributed by atoms with Gasteiger partial charge in [-0.25, -0.2) is 4.98 Å². The highest BCUT2D eigenvalue weighted by atomic mass is 79.9. The molecule has 0 unspecified atom stereocenters. The Bertz CT molecular complexity index is 797. The van der Waals surface area contributed by atoms with Gasteiger partial charge in [-0.2, -0.15) is 0 Å². The molecular formula is C16H13BrN4O. The van der Waals surface area contributed by atoms with Crippen molar-refractivity contribution in [1.29, 1.82) is 0 Å². The Morgan fingerprint density at radius 2 is 1.91 bits per heavy atom. The molecule has 0 aliphatic carbocycles. The van der Waals surface area contributed by atoms with Crippen LogP contribution in [0.2, 0.25) is 0 Å². The molecule has 0 spiro atoms. The van der Waals surface area contributed by atoms with E-state index in [0.717, 1.165) is 10.2 Å². The predicted octanol–water partition coefficient (Wildman–Crippen LogP) is 3.50. The van der Waals surface area contributed by atoms with E-state index in [-0.39, 0.29) is 5.91 Å². The number of imidazole rings is 1. The maximum absolute atomic E-state index is 12.2. The van der Waals surface area contributed by atoms with Crippen LogP contribution in [0.4, 0.5) is 5.95 Å². The fourth-order valence-electron chi connectivity index (χ4n) is 2.00. The Morgan fingerprint density at radius 3 is 2.59 bits per heavy atom. The first-order valence-corrected chi connectivity index (χ1v) is 7.44. The van der Waals surface area contributed by atoms with Crippen LogP contribution in [0.1, 0.15) is 10.4 Å². The van der Waals surface area contributed by atoms with Gasteiger partial charge in [0.2, 0.25) is 5.95 Å². The molecule has 0 aliphatic heterocycles. The highest BCUT2D eigenvalue weighted by molar-refractivity contribution is 9.10. The zero-order valence-electron chi connectivity index (χ0n) is 11.8. The predicted molar refractivity (Wildman–Crippen MR) is 88.5 cm³/mol. The van der Waals surface area contributed by atoms with E-state index in [1.165, 1.54) is 0 Å². The molecule has 0 fully saturated rings. The van der Waals surface area contributed by atoms with E-state index in [4.69, 9.17) is 0 Å². The molecule has 6 heteroatoms. The summed E-state index contributed by atoms with van der Waals surface area (Å²) in [6.07, 6.45) is 3.55. The lowest BCUT2D eigenvalue weighted by molar-refractivity contribution is 0.102. The average molecular weight is 357 g/mol. The Morgan fingerprint density at radius 1 is 1.14 bits per heavy atom. The van der Waals surface area contributed by atoms with Crippen molar-refractivity contribution in [1.82, 2.24) is 14.5 Å². The van der Waals surface area contributed by atoms with Crippen LogP contribution in [0.25, 0.3) is 11.4 Å². The first kappa shape index (κ1) is 14.5. The lowest BCUT2D eigenvalue weighted by atomic mass is 10.2. The highest BCUT2D eigenvalue weighted by Crippen LogP contribution is 2.18. The molecule has 3 aromatic rings. The smallest absolute Gasteiger partial charge is 0.257 e. The van der Waals surface area contributed by atoms with Crippen molar-refractivity contribution >= 4 is 27.8 Å². The number of halogens is 1. The number of carbonyl (C=O) groups excluding carboxylic acids is 1. The maximum Gasteiger partial charge on any atom is 0.257 e. The minimum Gasteiger partial charge on any atom is -0.320 e. The quantitative estimate of drug-likeness (QED) is 0.781. The number of rotatable bonds is 3. The van der Waals surface area contributed by atoms with Crippen molar-refractivity contribution in [3.63, 3.8) is 0 Å². The van der Waals surface area contributed by atoms with E-state index < -0.39 is 0 Å². The molecule has 1 amide bonds. The molecule has 0 radical (unpaired) electrons. The Balaban J connectivity index is 1.82. The van der Waals surface area contributed by atoms with E-state index in [0.29, 0.717) is 17.2 Å². The summed E-state index contributed by atoms with van der Waals surface area (Å²) in [6, 6.07) is 12.8. The van der Waals surface area contributed by atoms with Crippen molar-refractivity contribution in [2.24, 2.45) is 7.05 Å². The van der Waals surface area contributed by atoms with Crippen LogP contribution in [0.3, 0.4) is 0 Å². The van der Waals surface area contributed by atoms with Crippen molar-refractivity contribution in [3.05, 3.63) is 64.9 Å². The summed E-state index contributed by atoms with van der Waals surface area (Å²) in [7, 11) is 1.83. The summed E-state index contributed by atoms with van der Waals surface area (Å²) in [5, 5.41) is 2.81. The Labute approximate surface area is 136 Å². The van der Waals surface area contributed by atoms with Gasteiger partial charge in [0, 0.05) is 29.5 Å². The topological polar surface area (TPSA) is 59.8 Å². The van der Waals surface area contributed by atoms with Gasteiger partial charge in [-0.1, -0.05) is 22.0 Å². The van der Waals surface area contributed by atoms with Crippen LogP contribution in [0.15, 0.2) is 59.3 Å². The molecule has 1 N–H and O–H groups in total. The summed E-state index contributed by atoms with van der Waals surface area (Å²) in [6.45, 7) is 0. The molecule has 5 nitrogen and oxygen atoms in total. The van der Waals surface area contributed by atoms with E-state index in [2.05, 4.69) is 31.2 Å². The molecule has 0 saturated carbocycles. The van der Waals surface area contributed by atoms with Crippen LogP contribution < -0.4 is 5.32 Å². The molecule has 0 atom stereocenters. The Hall–Kier alpha value is -2.47. The van der Waals surface area contributed by atoms with E-state index in [1.807, 2.05) is 43.6 Å². The number of anilines is 1. The van der Waals surface area contributed by atoms with Gasteiger partial charge in [0.1, 0.15) is 5.69 Å². The number of nitrogens with zero attached hydrogens (tertiary/aromatic N) is 3. The van der Waals surface area contributed by atoms with Crippen molar-refractivity contribution in [3.8, 4) is 11.4 Å². The number of carbonyl (C=O) groups is 1. The van der Waals surface area contributed by atoms with Gasteiger partial charge >= 0.3 is 0 Å². The highest BCUT2D eigenvalue weighted by Gasteiger charge is 2.12. The molecule has 0 saturated heterocycles. The molecule has 2 aromatic heterocycles. The first-order chi connectivity index (χ1) is 10.6. The van der Waals surface area contributed by atoms with Gasteiger partial charge < -0.3 is 4.57 Å². The molecule has 2 heterocycles. The van der Waals surface area contributed by atoms with Crippen molar-refractivity contribution in [2.75, 3.05) is 5.32 Å². The third-order valence-electron chi connectivity index (χ3n) is 3.14. The number of aryl methyl sites for hydroxylation is 1. The van der Waals surface area contributed by atoms with Gasteiger partial charge in [0.05, 0.1) is 5.69 Å². The monoisotopic (exact) mass is 356 g/mol. The molecule has 110 valence electrons. The minimum absolute atomic E-state index is 0.200. The summed E-state index contributed by atoms with van der Waals surface area (Å²) in [4.78, 5) is 20.9. The van der Waals surface area contributed by atoms with Crippen LogP contribution in [-0.2, 0) is 7.05 Å². The third-order valence-corrected chi connectivity index (χ3v) is 3.66. The maximum atomic E-state index is 12.2. The summed E-state index contributed by atoms with van der Waals surface area (Å²) in [5.74, 6) is 0.280. The number of amides is 1. The lowest BCUT2D eigenvalue weighted by Crippen LogP contribution is -2.14. The van der Waals surface area contributed by atoms with Gasteiger partial charge in [-0.3, -0.25) is 15.1 Å². The number of benzene rings is 1. The summed E-state index contributed by atoms with van der Waals surface area (Å²) < 4.78 is 2.69. The van der Waals surface area contributed by atoms with Crippen molar-refractivity contribution in [2.45, 2.75) is 0 Å². The van der Waals surface area contributed by atoms with Crippen LogP contribution in [0.5, 0.6) is 0 Å². The number of aromatic nitrogens is 3. The second kappa shape index (κ2) is 6.11. The normalized spacial score (nSPS) is 10.5. The number of hydrogen-bond acceptors (Lipinski definition) is 3. The van der Waals surface area contributed by atoms with Crippen LogP contribution in [-0.4, -0.2) is 20.4 Å². The van der Waals surface area contributed by atoms with Gasteiger partial charge in [-0.05, 0) is 36.4 Å². The zero-order chi connectivity index (χ0) is 15.5. The fourth-order valence-corrected chi connectivity index (χ4v) is 2.26. The van der Waals surface area contributed by atoms with Gasteiger partial charge in [0.15, 0.2) is 0 Å². The van der Waals surface area contributed by atoms with E-state index in [1.54, 1.807) is 22.9 Å².